The lowest BCUT2D eigenvalue weighted by Crippen LogP contribution is -2.50. The van der Waals surface area contributed by atoms with E-state index in [0.717, 1.165) is 16.7 Å². The molecule has 2 aromatic carbocycles. The molecular formula is C21H17NO2S. The molecule has 3 aromatic rings. The lowest BCUT2D eigenvalue weighted by molar-refractivity contribution is -0.120. The number of carbonyl (C=O) groups is 2. The first kappa shape index (κ1) is 15.8. The fraction of sp³-hybridized carbons (Fsp3) is 0.143. The first-order chi connectivity index (χ1) is 12.2. The first-order valence-corrected chi connectivity index (χ1v) is 9.15. The predicted molar refractivity (Wildman–Crippen MR) is 101 cm³/mol. The van der Waals surface area contributed by atoms with Crippen LogP contribution in [0.5, 0.6) is 0 Å². The molecule has 0 spiro atoms. The first-order valence-electron chi connectivity index (χ1n) is 8.27. The van der Waals surface area contributed by atoms with E-state index >= 15 is 0 Å². The standard InChI is InChI=1S/C21H17NO2S/c1-2-21(15-11-7-4-8-12-15)18(23)17-16(14-9-5-3-6-10-14)13-25-19(17)22-20(21)24/h3-13H,2H2,1H3,(H,22,24). The summed E-state index contributed by atoms with van der Waals surface area (Å²) in [7, 11) is 0. The summed E-state index contributed by atoms with van der Waals surface area (Å²) in [5.41, 5.74) is 2.08. The van der Waals surface area contributed by atoms with Gasteiger partial charge < -0.3 is 5.32 Å². The van der Waals surface area contributed by atoms with Gasteiger partial charge in [0, 0.05) is 10.9 Å². The highest BCUT2D eigenvalue weighted by atomic mass is 32.1. The maximum absolute atomic E-state index is 13.6. The summed E-state index contributed by atoms with van der Waals surface area (Å²) in [6.07, 6.45) is 0.422. The van der Waals surface area contributed by atoms with E-state index in [0.29, 0.717) is 17.0 Å². The summed E-state index contributed by atoms with van der Waals surface area (Å²) in [6, 6.07) is 19.2. The van der Waals surface area contributed by atoms with Crippen molar-refractivity contribution in [1.29, 1.82) is 0 Å². The maximum atomic E-state index is 13.6. The van der Waals surface area contributed by atoms with Gasteiger partial charge in [0.05, 0.1) is 5.56 Å². The lowest BCUT2D eigenvalue weighted by Gasteiger charge is -2.34. The van der Waals surface area contributed by atoms with Crippen LogP contribution in [0.2, 0.25) is 0 Å². The topological polar surface area (TPSA) is 46.2 Å². The largest absolute Gasteiger partial charge is 0.316 e. The second-order valence-corrected chi connectivity index (χ2v) is 7.01. The molecule has 1 atom stereocenters. The van der Waals surface area contributed by atoms with Crippen LogP contribution in [-0.2, 0) is 10.2 Å². The molecule has 0 aliphatic carbocycles. The van der Waals surface area contributed by atoms with Gasteiger partial charge in [-0.15, -0.1) is 11.3 Å². The maximum Gasteiger partial charge on any atom is 0.243 e. The van der Waals surface area contributed by atoms with Crippen molar-refractivity contribution in [3.8, 4) is 11.1 Å². The highest BCUT2D eigenvalue weighted by molar-refractivity contribution is 7.15. The summed E-state index contributed by atoms with van der Waals surface area (Å²) in [4.78, 5) is 26.5. The molecule has 4 rings (SSSR count). The van der Waals surface area contributed by atoms with Gasteiger partial charge in [0.15, 0.2) is 5.78 Å². The third-order valence-electron chi connectivity index (χ3n) is 4.90. The van der Waals surface area contributed by atoms with Crippen LogP contribution in [0.15, 0.2) is 66.0 Å². The number of rotatable bonds is 3. The number of anilines is 1. The average Bonchev–Trinajstić information content (AvgIpc) is 3.08. The van der Waals surface area contributed by atoms with Gasteiger partial charge in [-0.2, -0.15) is 0 Å². The van der Waals surface area contributed by atoms with Crippen molar-refractivity contribution in [1.82, 2.24) is 0 Å². The summed E-state index contributed by atoms with van der Waals surface area (Å²) in [5, 5.41) is 5.58. The highest BCUT2D eigenvalue weighted by Gasteiger charge is 2.51. The zero-order chi connectivity index (χ0) is 17.4. The Morgan fingerprint density at radius 2 is 1.60 bits per heavy atom. The lowest BCUT2D eigenvalue weighted by atomic mass is 9.69. The van der Waals surface area contributed by atoms with Crippen LogP contribution in [0.25, 0.3) is 11.1 Å². The van der Waals surface area contributed by atoms with Gasteiger partial charge >= 0.3 is 0 Å². The number of ketones is 1. The second-order valence-electron chi connectivity index (χ2n) is 6.13. The molecule has 0 saturated heterocycles. The van der Waals surface area contributed by atoms with Crippen molar-refractivity contribution < 1.29 is 9.59 Å². The summed E-state index contributed by atoms with van der Waals surface area (Å²) < 4.78 is 0. The molecule has 4 heteroatoms. The number of benzene rings is 2. The minimum absolute atomic E-state index is 0.111. The fourth-order valence-electron chi connectivity index (χ4n) is 3.54. The van der Waals surface area contributed by atoms with Crippen LogP contribution < -0.4 is 5.32 Å². The minimum atomic E-state index is -1.17. The van der Waals surface area contributed by atoms with E-state index in [2.05, 4.69) is 5.32 Å². The molecule has 1 N–H and O–H groups in total. The third-order valence-corrected chi connectivity index (χ3v) is 5.80. The monoisotopic (exact) mass is 347 g/mol. The van der Waals surface area contributed by atoms with Crippen molar-refractivity contribution >= 4 is 28.0 Å². The number of carbonyl (C=O) groups excluding carboxylic acids is 2. The Balaban J connectivity index is 1.93. The Hall–Kier alpha value is -2.72. The van der Waals surface area contributed by atoms with Crippen molar-refractivity contribution in [3.63, 3.8) is 0 Å². The Kier molecular flexibility index (Phi) is 3.77. The number of thiophene rings is 1. The molecule has 1 aliphatic rings. The van der Waals surface area contributed by atoms with E-state index in [1.54, 1.807) is 0 Å². The van der Waals surface area contributed by atoms with Crippen molar-refractivity contribution in [3.05, 3.63) is 77.2 Å². The number of Topliss-reactive ketones (excluding diaryl/α,β-unsaturated/α-hetero) is 1. The van der Waals surface area contributed by atoms with Gasteiger partial charge in [-0.25, -0.2) is 0 Å². The summed E-state index contributed by atoms with van der Waals surface area (Å²) >= 11 is 1.41. The Morgan fingerprint density at radius 3 is 2.24 bits per heavy atom. The normalized spacial score (nSPS) is 19.4. The zero-order valence-corrected chi connectivity index (χ0v) is 14.6. The molecule has 25 heavy (non-hydrogen) atoms. The number of hydrogen-bond donors (Lipinski definition) is 1. The Morgan fingerprint density at radius 1 is 0.960 bits per heavy atom. The van der Waals surface area contributed by atoms with E-state index in [-0.39, 0.29) is 11.7 Å². The molecule has 1 amide bonds. The van der Waals surface area contributed by atoms with Crippen LogP contribution in [0.4, 0.5) is 5.00 Å². The predicted octanol–water partition coefficient (Wildman–Crippen LogP) is 4.90. The third kappa shape index (κ3) is 2.25. The molecule has 0 fully saturated rings. The van der Waals surface area contributed by atoms with Crippen molar-refractivity contribution in [2.45, 2.75) is 18.8 Å². The van der Waals surface area contributed by atoms with Gasteiger partial charge in [0.25, 0.3) is 0 Å². The molecule has 1 unspecified atom stereocenters. The molecular weight excluding hydrogens is 330 g/mol. The number of nitrogens with one attached hydrogen (secondary N) is 1. The highest BCUT2D eigenvalue weighted by Crippen LogP contribution is 2.45. The number of fused-ring (bicyclic) bond motifs is 1. The van der Waals surface area contributed by atoms with Gasteiger partial charge in [-0.1, -0.05) is 67.6 Å². The van der Waals surface area contributed by atoms with Crippen LogP contribution in [-0.4, -0.2) is 11.7 Å². The molecule has 124 valence electrons. The minimum Gasteiger partial charge on any atom is -0.316 e. The van der Waals surface area contributed by atoms with Gasteiger partial charge in [-0.05, 0) is 17.5 Å². The average molecular weight is 347 g/mol. The van der Waals surface area contributed by atoms with Crippen LogP contribution in [0.3, 0.4) is 0 Å². The molecule has 2 heterocycles. The molecule has 1 aliphatic heterocycles. The molecule has 0 saturated carbocycles. The van der Waals surface area contributed by atoms with Crippen molar-refractivity contribution in [2.24, 2.45) is 0 Å². The number of amides is 1. The molecule has 0 radical (unpaired) electrons. The Labute approximate surface area is 150 Å². The van der Waals surface area contributed by atoms with E-state index in [1.807, 2.05) is 73.0 Å². The van der Waals surface area contributed by atoms with E-state index < -0.39 is 5.41 Å². The fourth-order valence-corrected chi connectivity index (χ4v) is 4.50. The van der Waals surface area contributed by atoms with Crippen LogP contribution in [0.1, 0.15) is 29.3 Å². The molecule has 3 nitrogen and oxygen atoms in total. The van der Waals surface area contributed by atoms with Crippen LogP contribution in [0, 0.1) is 0 Å². The summed E-state index contributed by atoms with van der Waals surface area (Å²) in [5.74, 6) is -0.347. The van der Waals surface area contributed by atoms with E-state index in [9.17, 15) is 9.59 Å². The van der Waals surface area contributed by atoms with Crippen LogP contribution >= 0.6 is 11.3 Å². The van der Waals surface area contributed by atoms with E-state index in [1.165, 1.54) is 11.3 Å². The smallest absolute Gasteiger partial charge is 0.243 e. The number of hydrogen-bond acceptors (Lipinski definition) is 3. The Bertz CT molecular complexity index is 947. The quantitative estimate of drug-likeness (QED) is 0.685. The van der Waals surface area contributed by atoms with Gasteiger partial charge in [-0.3, -0.25) is 9.59 Å². The zero-order valence-electron chi connectivity index (χ0n) is 13.8. The SMILES string of the molecule is CCC1(c2ccccc2)C(=O)Nc2scc(-c3ccccc3)c2C1=O. The molecule has 1 aromatic heterocycles. The van der Waals surface area contributed by atoms with Crippen molar-refractivity contribution in [2.75, 3.05) is 5.32 Å². The van der Waals surface area contributed by atoms with E-state index in [4.69, 9.17) is 0 Å². The second kappa shape index (κ2) is 5.97. The van der Waals surface area contributed by atoms with Gasteiger partial charge in [0.1, 0.15) is 10.4 Å². The molecule has 0 bridgehead atoms. The summed E-state index contributed by atoms with van der Waals surface area (Å²) in [6.45, 7) is 1.89. The van der Waals surface area contributed by atoms with Gasteiger partial charge in [0.2, 0.25) is 5.91 Å².